The van der Waals surface area contributed by atoms with E-state index in [1.54, 1.807) is 6.08 Å². The van der Waals surface area contributed by atoms with Gasteiger partial charge in [-0.25, -0.2) is 4.98 Å². The van der Waals surface area contributed by atoms with Crippen LogP contribution in [0.1, 0.15) is 22.4 Å². The van der Waals surface area contributed by atoms with Gasteiger partial charge in [0, 0.05) is 55.6 Å². The van der Waals surface area contributed by atoms with Gasteiger partial charge in [-0.15, -0.1) is 20.6 Å². The lowest BCUT2D eigenvalue weighted by Crippen LogP contribution is -2.51. The molecular weight excluding hydrogens is 375 g/mol. The Bertz CT molecular complexity index is 846. The van der Waals surface area contributed by atoms with Crippen LogP contribution < -0.4 is 15.5 Å². The molecule has 2 heterocycles. The van der Waals surface area contributed by atoms with Crippen LogP contribution in [0.15, 0.2) is 48.5 Å². The summed E-state index contributed by atoms with van der Waals surface area (Å²) in [7, 11) is 4.67. The van der Waals surface area contributed by atoms with E-state index in [1.165, 1.54) is 11.3 Å². The Labute approximate surface area is 167 Å². The van der Waals surface area contributed by atoms with Crippen molar-refractivity contribution in [1.29, 1.82) is 0 Å². The van der Waals surface area contributed by atoms with Gasteiger partial charge in [0.05, 0.1) is 0 Å². The van der Waals surface area contributed by atoms with E-state index in [0.29, 0.717) is 24.8 Å². The van der Waals surface area contributed by atoms with Crippen LogP contribution in [0.4, 0.5) is 5.69 Å². The van der Waals surface area contributed by atoms with Crippen molar-refractivity contribution in [3.8, 4) is 0 Å². The second kappa shape index (κ2) is 8.79. The molecule has 142 valence electrons. The van der Waals surface area contributed by atoms with E-state index >= 15 is 0 Å². The number of anilines is 1. The number of nitrogens with zero attached hydrogens (tertiary/aromatic N) is 3. The van der Waals surface area contributed by atoms with Crippen LogP contribution in [0.3, 0.4) is 0 Å². The van der Waals surface area contributed by atoms with E-state index in [0.717, 1.165) is 28.1 Å². The Morgan fingerprint density at radius 1 is 1.44 bits per heavy atom. The number of carbonyl (C=O) groups is 1. The first-order chi connectivity index (χ1) is 13.0. The molecule has 1 aromatic carbocycles. The molecule has 2 aromatic rings. The minimum Gasteiger partial charge on any atom is -0.350 e. The first-order valence-corrected chi connectivity index (χ1v) is 10.3. The topological polar surface area (TPSA) is 48.5 Å². The fraction of sp³-hybridized carbons (Fsp3) is 0.300. The highest BCUT2D eigenvalue weighted by Crippen LogP contribution is 2.23. The average Bonchev–Trinajstić information content (AvgIpc) is 3.15. The van der Waals surface area contributed by atoms with Crippen molar-refractivity contribution in [2.45, 2.75) is 13.0 Å². The molecule has 5 nitrogen and oxygen atoms in total. The molecule has 0 bridgehead atoms. The van der Waals surface area contributed by atoms with Crippen molar-refractivity contribution in [3.05, 3.63) is 59.2 Å². The molecular formula is C20H25N4OPS. The SMILES string of the molecule is C=C/C(=C\N(C)c1ccc(P)cc1)c1nc(C(=O)N2CCN[C@@H](C)C2)cs1. The molecule has 1 aliphatic rings. The van der Waals surface area contributed by atoms with Gasteiger partial charge in [0.2, 0.25) is 0 Å². The first-order valence-electron chi connectivity index (χ1n) is 8.89. The summed E-state index contributed by atoms with van der Waals surface area (Å²) in [5, 5.41) is 7.13. The average molecular weight is 400 g/mol. The first kappa shape index (κ1) is 19.7. The van der Waals surface area contributed by atoms with E-state index in [4.69, 9.17) is 0 Å². The zero-order valence-corrected chi connectivity index (χ0v) is 17.7. The second-order valence-corrected chi connectivity index (χ2v) is 8.16. The number of amides is 1. The lowest BCUT2D eigenvalue weighted by molar-refractivity contribution is 0.0704. The molecule has 0 radical (unpaired) electrons. The van der Waals surface area contributed by atoms with Crippen LogP contribution in [0.25, 0.3) is 5.57 Å². The smallest absolute Gasteiger partial charge is 0.273 e. The molecule has 2 atom stereocenters. The van der Waals surface area contributed by atoms with Gasteiger partial charge in [-0.3, -0.25) is 4.79 Å². The fourth-order valence-electron chi connectivity index (χ4n) is 2.97. The van der Waals surface area contributed by atoms with Gasteiger partial charge >= 0.3 is 0 Å². The normalized spacial score (nSPS) is 17.7. The molecule has 7 heteroatoms. The predicted octanol–water partition coefficient (Wildman–Crippen LogP) is 2.74. The monoisotopic (exact) mass is 400 g/mol. The zero-order chi connectivity index (χ0) is 19.4. The number of allylic oxidation sites excluding steroid dienone is 2. The summed E-state index contributed by atoms with van der Waals surface area (Å²) in [5.41, 5.74) is 2.47. The van der Waals surface area contributed by atoms with Crippen LogP contribution in [0.2, 0.25) is 0 Å². The lowest BCUT2D eigenvalue weighted by atomic mass is 10.2. The van der Waals surface area contributed by atoms with E-state index in [2.05, 4.69) is 45.2 Å². The molecule has 1 aliphatic heterocycles. The van der Waals surface area contributed by atoms with Gasteiger partial charge < -0.3 is 15.1 Å². The van der Waals surface area contributed by atoms with Gasteiger partial charge in [0.15, 0.2) is 0 Å². The molecule has 1 saturated heterocycles. The summed E-state index contributed by atoms with van der Waals surface area (Å²) in [6.45, 7) is 8.25. The van der Waals surface area contributed by atoms with E-state index in [9.17, 15) is 4.79 Å². The van der Waals surface area contributed by atoms with Crippen LogP contribution >= 0.6 is 20.6 Å². The summed E-state index contributed by atoms with van der Waals surface area (Å²) in [6, 6.07) is 8.52. The molecule has 1 aromatic heterocycles. The number of rotatable bonds is 5. The molecule has 27 heavy (non-hydrogen) atoms. The van der Waals surface area contributed by atoms with Crippen molar-refractivity contribution in [1.82, 2.24) is 15.2 Å². The van der Waals surface area contributed by atoms with E-state index in [1.807, 2.05) is 40.6 Å². The largest absolute Gasteiger partial charge is 0.350 e. The number of aromatic nitrogens is 1. The van der Waals surface area contributed by atoms with E-state index in [-0.39, 0.29) is 5.91 Å². The number of carbonyl (C=O) groups excluding carboxylic acids is 1. The quantitative estimate of drug-likeness (QED) is 0.619. The summed E-state index contributed by atoms with van der Waals surface area (Å²) in [5.74, 6) is -0.00125. The number of hydrogen-bond acceptors (Lipinski definition) is 5. The van der Waals surface area contributed by atoms with E-state index < -0.39 is 0 Å². The van der Waals surface area contributed by atoms with Crippen molar-refractivity contribution < 1.29 is 4.79 Å². The van der Waals surface area contributed by atoms with Gasteiger partial charge in [-0.05, 0) is 24.4 Å². The third-order valence-electron chi connectivity index (χ3n) is 4.48. The molecule has 1 N–H and O–H groups in total. The van der Waals surface area contributed by atoms with Crippen molar-refractivity contribution in [2.24, 2.45) is 0 Å². The zero-order valence-electron chi connectivity index (χ0n) is 15.7. The molecule has 1 unspecified atom stereocenters. The summed E-state index contributed by atoms with van der Waals surface area (Å²) in [6.07, 6.45) is 3.77. The fourth-order valence-corrected chi connectivity index (χ4v) is 3.96. The number of hydrogen-bond donors (Lipinski definition) is 1. The minimum absolute atomic E-state index is 0.00125. The number of nitrogens with one attached hydrogen (secondary N) is 1. The highest BCUT2D eigenvalue weighted by molar-refractivity contribution is 7.27. The third kappa shape index (κ3) is 4.83. The Hall–Kier alpha value is -2.01. The number of piperazine rings is 1. The van der Waals surface area contributed by atoms with Crippen molar-refractivity contribution in [2.75, 3.05) is 31.6 Å². The number of benzene rings is 1. The minimum atomic E-state index is -0.00125. The Morgan fingerprint density at radius 3 is 2.85 bits per heavy atom. The van der Waals surface area contributed by atoms with Crippen LogP contribution in [0, 0.1) is 0 Å². The van der Waals surface area contributed by atoms with Gasteiger partial charge in [0.25, 0.3) is 5.91 Å². The summed E-state index contributed by atoms with van der Waals surface area (Å²) in [4.78, 5) is 21.2. The highest BCUT2D eigenvalue weighted by atomic mass is 32.1. The number of thiazole rings is 1. The Kier molecular flexibility index (Phi) is 6.42. The van der Waals surface area contributed by atoms with Gasteiger partial charge in [-0.2, -0.15) is 0 Å². The van der Waals surface area contributed by atoms with Gasteiger partial charge in [0.1, 0.15) is 10.7 Å². The molecule has 0 saturated carbocycles. The molecule has 0 aliphatic carbocycles. The second-order valence-electron chi connectivity index (χ2n) is 6.64. The molecule has 1 amide bonds. The molecule has 3 rings (SSSR count). The van der Waals surface area contributed by atoms with Crippen LogP contribution in [-0.4, -0.2) is 48.5 Å². The van der Waals surface area contributed by atoms with Crippen molar-refractivity contribution >= 4 is 43.0 Å². The van der Waals surface area contributed by atoms with Crippen molar-refractivity contribution in [3.63, 3.8) is 0 Å². The Morgan fingerprint density at radius 2 is 2.19 bits per heavy atom. The summed E-state index contributed by atoms with van der Waals surface area (Å²) < 4.78 is 0. The van der Waals surface area contributed by atoms with Crippen LogP contribution in [0.5, 0.6) is 0 Å². The lowest BCUT2D eigenvalue weighted by Gasteiger charge is -2.31. The third-order valence-corrected chi connectivity index (χ3v) is 5.76. The maximum Gasteiger partial charge on any atom is 0.273 e. The maximum atomic E-state index is 12.7. The predicted molar refractivity (Wildman–Crippen MR) is 118 cm³/mol. The van der Waals surface area contributed by atoms with Crippen LogP contribution in [-0.2, 0) is 0 Å². The highest BCUT2D eigenvalue weighted by Gasteiger charge is 2.23. The maximum absolute atomic E-state index is 12.7. The molecule has 1 fully saturated rings. The Balaban J connectivity index is 1.77. The standard InChI is InChI=1S/C20H25N4OPS/c1-4-15(12-23(3)16-5-7-17(26)8-6-16)19-22-18(13-27-19)20(25)24-10-9-21-14(2)11-24/h4-8,12-14,21H,1,9-11,26H2,2-3H3/b15-12+/t14-/m0/s1. The molecule has 0 spiro atoms. The summed E-state index contributed by atoms with van der Waals surface area (Å²) >= 11 is 1.47. The van der Waals surface area contributed by atoms with Gasteiger partial charge in [-0.1, -0.05) is 24.8 Å².